The highest BCUT2D eigenvalue weighted by Gasteiger charge is 2.20. The third-order valence-corrected chi connectivity index (χ3v) is 3.34. The van der Waals surface area contributed by atoms with Crippen molar-refractivity contribution < 1.29 is 8.83 Å². The molecule has 0 aromatic carbocycles. The molecule has 1 aliphatic rings. The summed E-state index contributed by atoms with van der Waals surface area (Å²) < 4.78 is 11.0. The zero-order valence-corrected chi connectivity index (χ0v) is 10.3. The first-order valence-corrected chi connectivity index (χ1v) is 6.47. The van der Waals surface area contributed by atoms with Crippen LogP contribution in [0.5, 0.6) is 0 Å². The van der Waals surface area contributed by atoms with Gasteiger partial charge in [0.15, 0.2) is 0 Å². The van der Waals surface area contributed by atoms with E-state index < -0.39 is 0 Å². The normalized spacial score (nSPS) is 17.1. The number of hydrogen-bond acceptors (Lipinski definition) is 5. The lowest BCUT2D eigenvalue weighted by Gasteiger charge is -2.18. The van der Waals surface area contributed by atoms with Gasteiger partial charge in [0, 0.05) is 18.8 Å². The largest absolute Gasteiger partial charge is 0.469 e. The maximum Gasteiger partial charge on any atom is 0.219 e. The third kappa shape index (κ3) is 2.61. The molecule has 1 N–H and O–H groups in total. The van der Waals surface area contributed by atoms with Crippen LogP contribution in [0.15, 0.2) is 27.2 Å². The summed E-state index contributed by atoms with van der Waals surface area (Å²) in [5.74, 6) is 2.89. The number of nitrogens with zero attached hydrogens (tertiary/aromatic N) is 2. The maximum atomic E-state index is 5.73. The molecule has 0 bridgehead atoms. The molecule has 0 spiro atoms. The molecule has 3 heterocycles. The average molecular weight is 247 g/mol. The number of hydrogen-bond donors (Lipinski definition) is 1. The van der Waals surface area contributed by atoms with Crippen molar-refractivity contribution in [1.82, 2.24) is 15.5 Å². The molecule has 2 aromatic rings. The van der Waals surface area contributed by atoms with Gasteiger partial charge in [-0.1, -0.05) is 0 Å². The molecule has 5 nitrogen and oxygen atoms in total. The minimum Gasteiger partial charge on any atom is -0.469 e. The van der Waals surface area contributed by atoms with Crippen molar-refractivity contribution in [2.75, 3.05) is 13.1 Å². The van der Waals surface area contributed by atoms with Crippen molar-refractivity contribution in [3.05, 3.63) is 35.9 Å². The first kappa shape index (κ1) is 11.5. The smallest absolute Gasteiger partial charge is 0.219 e. The maximum absolute atomic E-state index is 5.73. The van der Waals surface area contributed by atoms with E-state index in [1.807, 2.05) is 12.1 Å². The minimum atomic E-state index is 0.427. The summed E-state index contributed by atoms with van der Waals surface area (Å²) in [6.07, 6.45) is 5.40. The molecule has 0 atom stereocenters. The lowest BCUT2D eigenvalue weighted by Crippen LogP contribution is -2.26. The molecule has 0 amide bonds. The number of furan rings is 1. The van der Waals surface area contributed by atoms with Gasteiger partial charge in [-0.2, -0.15) is 0 Å². The first-order chi connectivity index (χ1) is 8.92. The van der Waals surface area contributed by atoms with Crippen LogP contribution in [-0.4, -0.2) is 23.3 Å². The Morgan fingerprint density at radius 2 is 2.11 bits per heavy atom. The van der Waals surface area contributed by atoms with E-state index in [2.05, 4.69) is 15.5 Å². The molecule has 1 aliphatic heterocycles. The van der Waals surface area contributed by atoms with Gasteiger partial charge in [-0.15, -0.1) is 10.2 Å². The van der Waals surface area contributed by atoms with Crippen molar-refractivity contribution in [1.29, 1.82) is 0 Å². The van der Waals surface area contributed by atoms with Crippen LogP contribution in [0, 0.1) is 0 Å². The molecule has 5 heteroatoms. The highest BCUT2D eigenvalue weighted by Crippen LogP contribution is 2.24. The molecule has 1 saturated heterocycles. The number of aryl methyl sites for hydroxylation is 2. The second-order valence-electron chi connectivity index (χ2n) is 4.64. The summed E-state index contributed by atoms with van der Waals surface area (Å²) >= 11 is 0. The summed E-state index contributed by atoms with van der Waals surface area (Å²) in [7, 11) is 0. The molecule has 3 rings (SSSR count). The second-order valence-corrected chi connectivity index (χ2v) is 4.64. The fourth-order valence-corrected chi connectivity index (χ4v) is 2.29. The predicted molar refractivity (Wildman–Crippen MR) is 65.3 cm³/mol. The number of rotatable bonds is 4. The summed E-state index contributed by atoms with van der Waals surface area (Å²) in [5, 5.41) is 11.6. The Morgan fingerprint density at radius 1 is 1.22 bits per heavy atom. The minimum absolute atomic E-state index is 0.427. The fourth-order valence-electron chi connectivity index (χ4n) is 2.29. The van der Waals surface area contributed by atoms with E-state index in [0.29, 0.717) is 11.8 Å². The van der Waals surface area contributed by atoms with E-state index in [4.69, 9.17) is 8.83 Å². The highest BCUT2D eigenvalue weighted by atomic mass is 16.4. The van der Waals surface area contributed by atoms with Crippen molar-refractivity contribution in [2.45, 2.75) is 31.6 Å². The zero-order valence-electron chi connectivity index (χ0n) is 10.3. The highest BCUT2D eigenvalue weighted by molar-refractivity contribution is 5.00. The molecule has 0 unspecified atom stereocenters. The van der Waals surface area contributed by atoms with Gasteiger partial charge in [0.1, 0.15) is 5.76 Å². The van der Waals surface area contributed by atoms with Gasteiger partial charge in [0.05, 0.1) is 6.26 Å². The van der Waals surface area contributed by atoms with Gasteiger partial charge in [0.25, 0.3) is 0 Å². The van der Waals surface area contributed by atoms with Crippen LogP contribution in [0.3, 0.4) is 0 Å². The third-order valence-electron chi connectivity index (χ3n) is 3.34. The Morgan fingerprint density at radius 3 is 2.89 bits per heavy atom. The van der Waals surface area contributed by atoms with Crippen LogP contribution in [0.25, 0.3) is 0 Å². The Labute approximate surface area is 106 Å². The Kier molecular flexibility index (Phi) is 3.41. The quantitative estimate of drug-likeness (QED) is 0.894. The van der Waals surface area contributed by atoms with Crippen molar-refractivity contribution in [3.63, 3.8) is 0 Å². The standard InChI is InChI=1S/C13H17N3O2/c1-2-11(17-9-1)3-4-12-15-16-13(18-12)10-5-7-14-8-6-10/h1-2,9-10,14H,3-8H2. The molecule has 2 aromatic heterocycles. The predicted octanol–water partition coefficient (Wildman–Crippen LogP) is 1.91. The Balaban J connectivity index is 1.59. The van der Waals surface area contributed by atoms with Crippen LogP contribution in [-0.2, 0) is 12.8 Å². The van der Waals surface area contributed by atoms with Crippen LogP contribution in [0.1, 0.15) is 36.3 Å². The SMILES string of the molecule is c1coc(CCc2nnc(C3CCNCC3)o2)c1. The van der Waals surface area contributed by atoms with Gasteiger partial charge >= 0.3 is 0 Å². The van der Waals surface area contributed by atoms with Crippen LogP contribution >= 0.6 is 0 Å². The second kappa shape index (κ2) is 5.35. The van der Waals surface area contributed by atoms with Crippen LogP contribution in [0.4, 0.5) is 0 Å². The van der Waals surface area contributed by atoms with Crippen LogP contribution in [0.2, 0.25) is 0 Å². The van der Waals surface area contributed by atoms with E-state index in [0.717, 1.165) is 50.4 Å². The van der Waals surface area contributed by atoms with Crippen molar-refractivity contribution in [2.24, 2.45) is 0 Å². The van der Waals surface area contributed by atoms with E-state index in [9.17, 15) is 0 Å². The van der Waals surface area contributed by atoms with Gasteiger partial charge in [-0.05, 0) is 38.1 Å². The number of piperidine rings is 1. The van der Waals surface area contributed by atoms with Gasteiger partial charge in [0.2, 0.25) is 11.8 Å². The molecular weight excluding hydrogens is 230 g/mol. The van der Waals surface area contributed by atoms with Gasteiger partial charge in [-0.25, -0.2) is 0 Å². The monoisotopic (exact) mass is 247 g/mol. The summed E-state index contributed by atoms with van der Waals surface area (Å²) in [5.41, 5.74) is 0. The lowest BCUT2D eigenvalue weighted by molar-refractivity contribution is 0.358. The van der Waals surface area contributed by atoms with Gasteiger partial charge < -0.3 is 14.2 Å². The van der Waals surface area contributed by atoms with Crippen molar-refractivity contribution in [3.8, 4) is 0 Å². The summed E-state index contributed by atoms with van der Waals surface area (Å²) in [6.45, 7) is 2.07. The van der Waals surface area contributed by atoms with E-state index in [1.165, 1.54) is 0 Å². The topological polar surface area (TPSA) is 64.1 Å². The summed E-state index contributed by atoms with van der Waals surface area (Å²) in [4.78, 5) is 0. The molecule has 18 heavy (non-hydrogen) atoms. The fraction of sp³-hybridized carbons (Fsp3) is 0.538. The number of aromatic nitrogens is 2. The van der Waals surface area contributed by atoms with E-state index in [1.54, 1.807) is 6.26 Å². The summed E-state index contributed by atoms with van der Waals surface area (Å²) in [6, 6.07) is 3.85. The van der Waals surface area contributed by atoms with Crippen molar-refractivity contribution >= 4 is 0 Å². The molecular formula is C13H17N3O2. The molecule has 96 valence electrons. The zero-order chi connectivity index (χ0) is 12.2. The van der Waals surface area contributed by atoms with Gasteiger partial charge in [-0.3, -0.25) is 0 Å². The lowest BCUT2D eigenvalue weighted by atomic mass is 9.98. The average Bonchev–Trinajstić information content (AvgIpc) is 3.09. The Bertz CT molecular complexity index is 472. The Hall–Kier alpha value is -1.62. The molecule has 0 radical (unpaired) electrons. The molecule has 0 aliphatic carbocycles. The molecule has 0 saturated carbocycles. The van der Waals surface area contributed by atoms with E-state index >= 15 is 0 Å². The van der Waals surface area contributed by atoms with Crippen LogP contribution < -0.4 is 5.32 Å². The molecule has 1 fully saturated rings. The number of nitrogens with one attached hydrogen (secondary N) is 1. The van der Waals surface area contributed by atoms with E-state index in [-0.39, 0.29) is 0 Å². The first-order valence-electron chi connectivity index (χ1n) is 6.47.